The second-order valence-corrected chi connectivity index (χ2v) is 3.69. The fourth-order valence-corrected chi connectivity index (χ4v) is 1.80. The van der Waals surface area contributed by atoms with Crippen LogP contribution in [-0.2, 0) is 0 Å². The first-order valence-corrected chi connectivity index (χ1v) is 5.25. The zero-order valence-corrected chi connectivity index (χ0v) is 9.28. The van der Waals surface area contributed by atoms with Gasteiger partial charge in [-0.2, -0.15) is 10.4 Å². The quantitative estimate of drug-likeness (QED) is 0.686. The molecular weight excluding hydrogens is 228 g/mol. The van der Waals surface area contributed by atoms with Crippen molar-refractivity contribution in [3.05, 3.63) is 42.4 Å². The zero-order chi connectivity index (χ0) is 12.5. The van der Waals surface area contributed by atoms with Gasteiger partial charge in [0, 0.05) is 11.8 Å². The van der Waals surface area contributed by atoms with Crippen LogP contribution in [0.5, 0.6) is 0 Å². The summed E-state index contributed by atoms with van der Waals surface area (Å²) in [5.74, 6) is 0.138. The van der Waals surface area contributed by atoms with Gasteiger partial charge in [-0.15, -0.1) is 0 Å². The summed E-state index contributed by atoms with van der Waals surface area (Å²) in [4.78, 5) is 7.94. The van der Waals surface area contributed by atoms with E-state index in [4.69, 9.17) is 11.0 Å². The first-order valence-electron chi connectivity index (χ1n) is 5.25. The number of anilines is 1. The van der Waals surface area contributed by atoms with Gasteiger partial charge in [0.1, 0.15) is 6.07 Å². The molecule has 3 aromatic rings. The highest BCUT2D eigenvalue weighted by molar-refractivity contribution is 5.80. The summed E-state index contributed by atoms with van der Waals surface area (Å²) in [7, 11) is 0. The first-order chi connectivity index (χ1) is 8.79. The lowest BCUT2D eigenvalue weighted by Crippen LogP contribution is -1.98. The highest BCUT2D eigenvalue weighted by atomic mass is 15.2. The number of rotatable bonds is 1. The van der Waals surface area contributed by atoms with Gasteiger partial charge in [0.05, 0.1) is 29.2 Å². The maximum Gasteiger partial charge on any atom is 0.220 e. The lowest BCUT2D eigenvalue weighted by molar-refractivity contribution is 0.961. The molecule has 86 valence electrons. The number of hydrogen-bond acceptors (Lipinski definition) is 5. The molecule has 0 atom stereocenters. The van der Waals surface area contributed by atoms with Gasteiger partial charge >= 0.3 is 0 Å². The van der Waals surface area contributed by atoms with E-state index in [-0.39, 0.29) is 5.95 Å². The van der Waals surface area contributed by atoms with Crippen molar-refractivity contribution in [2.45, 2.75) is 0 Å². The molecular formula is C12H8N6. The van der Waals surface area contributed by atoms with E-state index in [0.717, 1.165) is 11.1 Å². The Morgan fingerprint density at radius 2 is 2.17 bits per heavy atom. The van der Waals surface area contributed by atoms with Crippen molar-refractivity contribution in [2.75, 3.05) is 5.73 Å². The summed E-state index contributed by atoms with van der Waals surface area (Å²) in [6, 6.07) is 7.74. The Balaban J connectivity index is 2.33. The standard InChI is InChI=1S/C12H8N6/c13-5-8-6-15-12(14)17-11(8)9-7-16-18-4-2-1-3-10(9)18/h1-4,6-7H,(H2,14,15,17). The predicted octanol–water partition coefficient (Wildman–Crippen LogP) is 1.25. The summed E-state index contributed by atoms with van der Waals surface area (Å²) in [5, 5.41) is 13.3. The fraction of sp³-hybridized carbons (Fsp3) is 0. The molecule has 0 fully saturated rings. The Kier molecular flexibility index (Phi) is 2.17. The van der Waals surface area contributed by atoms with Gasteiger partial charge < -0.3 is 5.73 Å². The molecule has 0 aliphatic carbocycles. The summed E-state index contributed by atoms with van der Waals surface area (Å²) in [5.41, 5.74) is 8.09. The Bertz CT molecular complexity index is 768. The van der Waals surface area contributed by atoms with Crippen LogP contribution in [0.4, 0.5) is 5.95 Å². The number of nitrogens with zero attached hydrogens (tertiary/aromatic N) is 5. The average molecular weight is 236 g/mol. The van der Waals surface area contributed by atoms with Gasteiger partial charge in [-0.25, -0.2) is 14.5 Å². The monoisotopic (exact) mass is 236 g/mol. The molecule has 0 bridgehead atoms. The molecule has 3 heterocycles. The van der Waals surface area contributed by atoms with Gasteiger partial charge in [-0.3, -0.25) is 0 Å². The van der Waals surface area contributed by atoms with E-state index in [2.05, 4.69) is 21.1 Å². The minimum atomic E-state index is 0.138. The minimum Gasteiger partial charge on any atom is -0.368 e. The second kappa shape index (κ2) is 3.82. The Labute approximate surface area is 102 Å². The topological polar surface area (TPSA) is 92.9 Å². The van der Waals surface area contributed by atoms with Crippen molar-refractivity contribution >= 4 is 11.5 Å². The summed E-state index contributed by atoms with van der Waals surface area (Å²) < 4.78 is 1.72. The van der Waals surface area contributed by atoms with E-state index in [1.165, 1.54) is 6.20 Å². The largest absolute Gasteiger partial charge is 0.368 e. The van der Waals surface area contributed by atoms with Crippen LogP contribution in [0.15, 0.2) is 36.8 Å². The molecule has 0 saturated heterocycles. The normalized spacial score (nSPS) is 10.4. The average Bonchev–Trinajstić information content (AvgIpc) is 2.82. The molecule has 0 saturated carbocycles. The maximum absolute atomic E-state index is 9.08. The molecule has 6 heteroatoms. The molecule has 3 rings (SSSR count). The molecule has 2 N–H and O–H groups in total. The lowest BCUT2D eigenvalue weighted by Gasteiger charge is -2.01. The number of fused-ring (bicyclic) bond motifs is 1. The van der Waals surface area contributed by atoms with E-state index in [0.29, 0.717) is 11.3 Å². The smallest absolute Gasteiger partial charge is 0.220 e. The van der Waals surface area contributed by atoms with Crippen molar-refractivity contribution in [3.63, 3.8) is 0 Å². The van der Waals surface area contributed by atoms with E-state index in [1.807, 2.05) is 24.4 Å². The summed E-state index contributed by atoms with van der Waals surface area (Å²) in [6.45, 7) is 0. The van der Waals surface area contributed by atoms with Gasteiger partial charge in [0.15, 0.2) is 0 Å². The second-order valence-electron chi connectivity index (χ2n) is 3.69. The summed E-state index contributed by atoms with van der Waals surface area (Å²) in [6.07, 6.45) is 4.91. The minimum absolute atomic E-state index is 0.138. The SMILES string of the molecule is N#Cc1cnc(N)nc1-c1cnn2ccccc12. The van der Waals surface area contributed by atoms with Crippen LogP contribution in [0.1, 0.15) is 5.56 Å². The number of nitriles is 1. The molecule has 0 amide bonds. The molecule has 3 aromatic heterocycles. The number of aromatic nitrogens is 4. The Hall–Kier alpha value is -2.94. The van der Waals surface area contributed by atoms with E-state index in [1.54, 1.807) is 10.7 Å². The van der Waals surface area contributed by atoms with Crippen LogP contribution in [0, 0.1) is 11.3 Å². The van der Waals surface area contributed by atoms with Crippen LogP contribution in [0.3, 0.4) is 0 Å². The van der Waals surface area contributed by atoms with Crippen LogP contribution >= 0.6 is 0 Å². The Morgan fingerprint density at radius 1 is 1.28 bits per heavy atom. The van der Waals surface area contributed by atoms with Crippen LogP contribution in [0.25, 0.3) is 16.8 Å². The van der Waals surface area contributed by atoms with Gasteiger partial charge in [-0.1, -0.05) is 6.07 Å². The van der Waals surface area contributed by atoms with Crippen molar-refractivity contribution in [1.29, 1.82) is 5.26 Å². The predicted molar refractivity (Wildman–Crippen MR) is 65.3 cm³/mol. The van der Waals surface area contributed by atoms with Crippen molar-refractivity contribution in [1.82, 2.24) is 19.6 Å². The number of nitrogen functional groups attached to an aromatic ring is 1. The third kappa shape index (κ3) is 1.46. The van der Waals surface area contributed by atoms with Gasteiger partial charge in [0.2, 0.25) is 5.95 Å². The molecule has 0 aliphatic heterocycles. The highest BCUT2D eigenvalue weighted by Gasteiger charge is 2.13. The van der Waals surface area contributed by atoms with E-state index in [9.17, 15) is 0 Å². The fourth-order valence-electron chi connectivity index (χ4n) is 1.80. The van der Waals surface area contributed by atoms with Crippen molar-refractivity contribution in [2.24, 2.45) is 0 Å². The van der Waals surface area contributed by atoms with Crippen LogP contribution in [0.2, 0.25) is 0 Å². The molecule has 0 aliphatic rings. The molecule has 18 heavy (non-hydrogen) atoms. The number of hydrogen-bond donors (Lipinski definition) is 1. The number of pyridine rings is 1. The van der Waals surface area contributed by atoms with E-state index >= 15 is 0 Å². The summed E-state index contributed by atoms with van der Waals surface area (Å²) >= 11 is 0. The molecule has 0 unspecified atom stereocenters. The van der Waals surface area contributed by atoms with E-state index < -0.39 is 0 Å². The van der Waals surface area contributed by atoms with Gasteiger partial charge in [0.25, 0.3) is 0 Å². The molecule has 0 aromatic carbocycles. The lowest BCUT2D eigenvalue weighted by atomic mass is 10.1. The zero-order valence-electron chi connectivity index (χ0n) is 9.28. The molecule has 6 nitrogen and oxygen atoms in total. The first kappa shape index (κ1) is 10.2. The van der Waals surface area contributed by atoms with Gasteiger partial charge in [-0.05, 0) is 12.1 Å². The van der Waals surface area contributed by atoms with Crippen LogP contribution in [-0.4, -0.2) is 19.6 Å². The molecule has 0 radical (unpaired) electrons. The number of nitrogens with two attached hydrogens (primary N) is 1. The Morgan fingerprint density at radius 3 is 3.00 bits per heavy atom. The highest BCUT2D eigenvalue weighted by Crippen LogP contribution is 2.25. The molecule has 0 spiro atoms. The third-order valence-corrected chi connectivity index (χ3v) is 2.61. The van der Waals surface area contributed by atoms with Crippen molar-refractivity contribution < 1.29 is 0 Å². The van der Waals surface area contributed by atoms with Crippen molar-refractivity contribution in [3.8, 4) is 17.3 Å². The van der Waals surface area contributed by atoms with Crippen LogP contribution < -0.4 is 5.73 Å². The third-order valence-electron chi connectivity index (χ3n) is 2.61. The maximum atomic E-state index is 9.08.